The van der Waals surface area contributed by atoms with E-state index in [0.29, 0.717) is 6.42 Å². The van der Waals surface area contributed by atoms with Gasteiger partial charge in [0.05, 0.1) is 0 Å². The number of carbonyl (C=O) groups excluding carboxylic acids is 2. The van der Waals surface area contributed by atoms with E-state index in [4.69, 9.17) is 0 Å². The fraction of sp³-hybridized carbons (Fsp3) is 0.222. The second-order valence-electron chi connectivity index (χ2n) is 5.28. The fourth-order valence-electron chi connectivity index (χ4n) is 2.72. The highest BCUT2D eigenvalue weighted by atomic mass is 16.1. The maximum Gasteiger partial charge on any atom is 0.163 e. The second kappa shape index (κ2) is 5.04. The minimum absolute atomic E-state index is 0.0765. The lowest BCUT2D eigenvalue weighted by molar-refractivity contribution is 0.0971. The molecule has 0 fully saturated rings. The van der Waals surface area contributed by atoms with Crippen LogP contribution in [0, 0.1) is 0 Å². The Bertz CT molecular complexity index is 681. The molecule has 0 saturated carbocycles. The molecule has 2 nitrogen and oxygen atoms in total. The molecule has 0 heterocycles. The van der Waals surface area contributed by atoms with Crippen LogP contribution in [0.15, 0.2) is 42.5 Å². The number of ketones is 2. The highest BCUT2D eigenvalue weighted by Crippen LogP contribution is 2.27. The first-order chi connectivity index (χ1) is 9.65. The summed E-state index contributed by atoms with van der Waals surface area (Å²) in [5.41, 5.74) is 4.93. The van der Waals surface area contributed by atoms with Crippen LogP contribution in [0.5, 0.6) is 0 Å². The zero-order chi connectivity index (χ0) is 14.1. The van der Waals surface area contributed by atoms with Crippen molar-refractivity contribution >= 4 is 11.6 Å². The first-order valence-electron chi connectivity index (χ1n) is 6.92. The number of rotatable bonds is 2. The van der Waals surface area contributed by atoms with Gasteiger partial charge in [-0.25, -0.2) is 0 Å². The molecule has 1 aliphatic rings. The first-order valence-corrected chi connectivity index (χ1v) is 6.92. The summed E-state index contributed by atoms with van der Waals surface area (Å²) in [7, 11) is 0. The standard InChI is InChI=1S/C18H16O2/c1-12(19)13-5-7-14(8-6-13)15-9-10-17-16(11-15)3-2-4-18(17)20/h5-11H,2-4H2,1H3. The molecule has 1 aliphatic carbocycles. The van der Waals surface area contributed by atoms with Crippen molar-refractivity contribution in [2.45, 2.75) is 26.2 Å². The van der Waals surface area contributed by atoms with Crippen molar-refractivity contribution < 1.29 is 9.59 Å². The van der Waals surface area contributed by atoms with Gasteiger partial charge >= 0.3 is 0 Å². The van der Waals surface area contributed by atoms with Gasteiger partial charge in [0.15, 0.2) is 11.6 Å². The van der Waals surface area contributed by atoms with Gasteiger partial charge in [0.1, 0.15) is 0 Å². The van der Waals surface area contributed by atoms with Crippen LogP contribution in [0.2, 0.25) is 0 Å². The van der Waals surface area contributed by atoms with Gasteiger partial charge in [-0.1, -0.05) is 42.5 Å². The molecule has 20 heavy (non-hydrogen) atoms. The van der Waals surface area contributed by atoms with Gasteiger partial charge in [-0.05, 0) is 36.5 Å². The van der Waals surface area contributed by atoms with E-state index in [2.05, 4.69) is 6.07 Å². The summed E-state index contributed by atoms with van der Waals surface area (Å²) in [5, 5.41) is 0. The van der Waals surface area contributed by atoms with E-state index in [-0.39, 0.29) is 11.6 Å². The Morgan fingerprint density at radius 2 is 1.65 bits per heavy atom. The molecule has 0 amide bonds. The minimum Gasteiger partial charge on any atom is -0.295 e. The zero-order valence-corrected chi connectivity index (χ0v) is 11.5. The summed E-state index contributed by atoms with van der Waals surface area (Å²) in [6, 6.07) is 13.7. The van der Waals surface area contributed by atoms with Crippen molar-refractivity contribution in [2.75, 3.05) is 0 Å². The summed E-state index contributed by atoms with van der Waals surface area (Å²) in [4.78, 5) is 23.1. The van der Waals surface area contributed by atoms with E-state index >= 15 is 0 Å². The molecule has 0 N–H and O–H groups in total. The quantitative estimate of drug-likeness (QED) is 0.766. The smallest absolute Gasteiger partial charge is 0.163 e. The lowest BCUT2D eigenvalue weighted by Crippen LogP contribution is -2.10. The van der Waals surface area contributed by atoms with Crippen molar-refractivity contribution in [1.82, 2.24) is 0 Å². The maximum absolute atomic E-state index is 11.8. The fourth-order valence-corrected chi connectivity index (χ4v) is 2.72. The monoisotopic (exact) mass is 264 g/mol. The van der Waals surface area contributed by atoms with Crippen molar-refractivity contribution in [1.29, 1.82) is 0 Å². The lowest BCUT2D eigenvalue weighted by Gasteiger charge is -2.15. The molecule has 0 spiro atoms. The molecule has 0 atom stereocenters. The van der Waals surface area contributed by atoms with Gasteiger partial charge in [-0.3, -0.25) is 9.59 Å². The third-order valence-electron chi connectivity index (χ3n) is 3.88. The Balaban J connectivity index is 1.98. The van der Waals surface area contributed by atoms with Crippen LogP contribution in [0.1, 0.15) is 46.0 Å². The van der Waals surface area contributed by atoms with E-state index in [0.717, 1.165) is 40.7 Å². The Hall–Kier alpha value is -2.22. The van der Waals surface area contributed by atoms with E-state index in [1.165, 1.54) is 0 Å². The van der Waals surface area contributed by atoms with Gasteiger partial charge in [0, 0.05) is 17.5 Å². The molecule has 0 saturated heterocycles. The van der Waals surface area contributed by atoms with Crippen molar-refractivity contribution in [3.8, 4) is 11.1 Å². The normalized spacial score (nSPS) is 13.9. The first kappa shape index (κ1) is 12.8. The number of fused-ring (bicyclic) bond motifs is 1. The summed E-state index contributed by atoms with van der Waals surface area (Å²) in [5.74, 6) is 0.331. The molecular formula is C18H16O2. The molecule has 2 heteroatoms. The van der Waals surface area contributed by atoms with E-state index < -0.39 is 0 Å². The summed E-state index contributed by atoms with van der Waals surface area (Å²) < 4.78 is 0. The van der Waals surface area contributed by atoms with Crippen molar-refractivity contribution in [3.05, 3.63) is 59.2 Å². The largest absolute Gasteiger partial charge is 0.295 e. The van der Waals surface area contributed by atoms with Crippen LogP contribution in [0.3, 0.4) is 0 Å². The predicted octanol–water partition coefficient (Wildman–Crippen LogP) is 4.08. The molecule has 2 aromatic carbocycles. The van der Waals surface area contributed by atoms with Crippen LogP contribution < -0.4 is 0 Å². The topological polar surface area (TPSA) is 34.1 Å². The average molecular weight is 264 g/mol. The second-order valence-corrected chi connectivity index (χ2v) is 5.28. The van der Waals surface area contributed by atoms with Gasteiger partial charge < -0.3 is 0 Å². The maximum atomic E-state index is 11.8. The van der Waals surface area contributed by atoms with Crippen LogP contribution >= 0.6 is 0 Å². The molecule has 2 aromatic rings. The zero-order valence-electron chi connectivity index (χ0n) is 11.5. The number of hydrogen-bond acceptors (Lipinski definition) is 2. The number of aryl methyl sites for hydroxylation is 1. The highest BCUT2D eigenvalue weighted by molar-refractivity contribution is 5.99. The molecule has 0 bridgehead atoms. The van der Waals surface area contributed by atoms with Gasteiger partial charge in [0.25, 0.3) is 0 Å². The van der Waals surface area contributed by atoms with Crippen molar-refractivity contribution in [3.63, 3.8) is 0 Å². The van der Waals surface area contributed by atoms with Crippen LogP contribution in [0.4, 0.5) is 0 Å². The van der Waals surface area contributed by atoms with Gasteiger partial charge in [0.2, 0.25) is 0 Å². The third kappa shape index (κ3) is 2.29. The number of hydrogen-bond donors (Lipinski definition) is 0. The minimum atomic E-state index is 0.0765. The summed E-state index contributed by atoms with van der Waals surface area (Å²) in [6.45, 7) is 1.57. The van der Waals surface area contributed by atoms with Gasteiger partial charge in [-0.15, -0.1) is 0 Å². The van der Waals surface area contributed by atoms with E-state index in [1.54, 1.807) is 6.92 Å². The van der Waals surface area contributed by atoms with Crippen LogP contribution in [-0.4, -0.2) is 11.6 Å². The Morgan fingerprint density at radius 1 is 0.950 bits per heavy atom. The average Bonchev–Trinajstić information content (AvgIpc) is 2.47. The van der Waals surface area contributed by atoms with Crippen LogP contribution in [0.25, 0.3) is 11.1 Å². The lowest BCUT2D eigenvalue weighted by atomic mass is 9.88. The number of carbonyl (C=O) groups is 2. The number of Topliss-reactive ketones (excluding diaryl/α,β-unsaturated/α-hetero) is 2. The van der Waals surface area contributed by atoms with E-state index in [1.807, 2.05) is 36.4 Å². The molecule has 0 radical (unpaired) electrons. The van der Waals surface area contributed by atoms with E-state index in [9.17, 15) is 9.59 Å². The number of benzene rings is 2. The van der Waals surface area contributed by atoms with Crippen LogP contribution in [-0.2, 0) is 6.42 Å². The Morgan fingerprint density at radius 3 is 2.35 bits per heavy atom. The molecular weight excluding hydrogens is 248 g/mol. The molecule has 0 aliphatic heterocycles. The molecule has 100 valence electrons. The third-order valence-corrected chi connectivity index (χ3v) is 3.88. The van der Waals surface area contributed by atoms with Crippen molar-refractivity contribution in [2.24, 2.45) is 0 Å². The molecule has 0 unspecified atom stereocenters. The Kier molecular flexibility index (Phi) is 3.23. The Labute approximate surface area is 118 Å². The summed E-state index contributed by atoms with van der Waals surface area (Å²) in [6.07, 6.45) is 2.58. The summed E-state index contributed by atoms with van der Waals surface area (Å²) >= 11 is 0. The van der Waals surface area contributed by atoms with Gasteiger partial charge in [-0.2, -0.15) is 0 Å². The molecule has 0 aromatic heterocycles. The molecule has 3 rings (SSSR count). The SMILES string of the molecule is CC(=O)c1ccc(-c2ccc3c(c2)CCCC3=O)cc1. The highest BCUT2D eigenvalue weighted by Gasteiger charge is 2.17. The predicted molar refractivity (Wildman–Crippen MR) is 79.2 cm³/mol.